The van der Waals surface area contributed by atoms with Gasteiger partial charge in [0.05, 0.1) is 5.71 Å². The second kappa shape index (κ2) is 15.4. The number of rotatable bonds is 10. The van der Waals surface area contributed by atoms with Crippen molar-refractivity contribution < 1.29 is 18.0 Å². The van der Waals surface area contributed by atoms with E-state index in [-0.39, 0.29) is 12.5 Å². The van der Waals surface area contributed by atoms with Crippen LogP contribution in [0.5, 0.6) is 0 Å². The molecule has 1 aromatic carbocycles. The van der Waals surface area contributed by atoms with Crippen molar-refractivity contribution in [1.82, 2.24) is 9.91 Å². The largest absolute Gasteiger partial charge is 0.377 e. The van der Waals surface area contributed by atoms with Crippen LogP contribution in [0.25, 0.3) is 0 Å². The Bertz CT molecular complexity index is 737. The predicted molar refractivity (Wildman–Crippen MR) is 132 cm³/mol. The summed E-state index contributed by atoms with van der Waals surface area (Å²) in [5, 5.41) is 6.04. The SMILES string of the molecule is CCC/C(CF)=N\N(CC)CC(=O)N1CCN(c2ccc(CC)c(N(C)C)c2)CC1.FCF. The van der Waals surface area contributed by atoms with E-state index in [4.69, 9.17) is 0 Å². The number of carbonyl (C=O) groups is 1. The number of nitrogens with zero attached hydrogens (tertiary/aromatic N) is 5. The number of piperazine rings is 1. The third kappa shape index (κ3) is 9.14. The first kappa shape index (κ1) is 28.6. The zero-order valence-corrected chi connectivity index (χ0v) is 20.8. The van der Waals surface area contributed by atoms with E-state index in [1.54, 1.807) is 5.01 Å². The normalized spacial score (nSPS) is 14.0. The monoisotopic (exact) mass is 471 g/mol. The summed E-state index contributed by atoms with van der Waals surface area (Å²) in [5.74, 6) is 0.0604. The van der Waals surface area contributed by atoms with E-state index < -0.39 is 13.6 Å². The van der Waals surface area contributed by atoms with Crippen molar-refractivity contribution in [3.8, 4) is 0 Å². The Morgan fingerprint density at radius 2 is 1.70 bits per heavy atom. The molecule has 1 aliphatic heterocycles. The fraction of sp³-hybridized carbons (Fsp3) is 0.667. The molecule has 1 fully saturated rings. The Morgan fingerprint density at radius 1 is 1.06 bits per heavy atom. The number of alkyl halides is 3. The van der Waals surface area contributed by atoms with Gasteiger partial charge in [0.2, 0.25) is 12.8 Å². The van der Waals surface area contributed by atoms with Crippen LogP contribution >= 0.6 is 0 Å². The van der Waals surface area contributed by atoms with Gasteiger partial charge in [0.25, 0.3) is 0 Å². The molecule has 0 aromatic heterocycles. The lowest BCUT2D eigenvalue weighted by molar-refractivity contribution is -0.132. The molecule has 0 N–H and O–H groups in total. The average molecular weight is 472 g/mol. The van der Waals surface area contributed by atoms with E-state index >= 15 is 0 Å². The Kier molecular flexibility index (Phi) is 13.3. The van der Waals surface area contributed by atoms with Crippen LogP contribution in [0.15, 0.2) is 23.3 Å². The topological polar surface area (TPSA) is 42.4 Å². The van der Waals surface area contributed by atoms with Gasteiger partial charge in [-0.2, -0.15) is 5.10 Å². The predicted octanol–water partition coefficient (Wildman–Crippen LogP) is 4.29. The number of amides is 1. The van der Waals surface area contributed by atoms with Gasteiger partial charge in [-0.15, -0.1) is 0 Å². The van der Waals surface area contributed by atoms with E-state index in [9.17, 15) is 18.0 Å². The van der Waals surface area contributed by atoms with Crippen molar-refractivity contribution in [3.05, 3.63) is 23.8 Å². The molecule has 33 heavy (non-hydrogen) atoms. The number of carbonyl (C=O) groups excluding carboxylic acids is 1. The maximum Gasteiger partial charge on any atom is 0.243 e. The van der Waals surface area contributed by atoms with Crippen LogP contribution in [0.2, 0.25) is 0 Å². The average Bonchev–Trinajstić information content (AvgIpc) is 2.83. The van der Waals surface area contributed by atoms with E-state index in [1.165, 1.54) is 16.9 Å². The summed E-state index contributed by atoms with van der Waals surface area (Å²) >= 11 is 0. The lowest BCUT2D eigenvalue weighted by atomic mass is 10.1. The maximum atomic E-state index is 13.1. The van der Waals surface area contributed by atoms with E-state index in [2.05, 4.69) is 54.1 Å². The minimum absolute atomic E-state index is 0.0604. The van der Waals surface area contributed by atoms with Crippen LogP contribution in [-0.4, -0.2) is 88.5 Å². The van der Waals surface area contributed by atoms with Crippen LogP contribution in [0.3, 0.4) is 0 Å². The molecule has 2 rings (SSSR count). The number of hydrogen-bond donors (Lipinski definition) is 0. The quantitative estimate of drug-likeness (QED) is 0.377. The van der Waals surface area contributed by atoms with Crippen molar-refractivity contribution in [2.75, 3.05) is 76.8 Å². The van der Waals surface area contributed by atoms with E-state index in [0.717, 1.165) is 25.9 Å². The molecule has 0 radical (unpaired) electrons. The van der Waals surface area contributed by atoms with Gasteiger partial charge in [-0.05, 0) is 37.5 Å². The first-order valence-electron chi connectivity index (χ1n) is 11.7. The summed E-state index contributed by atoms with van der Waals surface area (Å²) in [5.41, 5.74) is 4.31. The van der Waals surface area contributed by atoms with Crippen LogP contribution in [0.4, 0.5) is 24.5 Å². The molecule has 1 amide bonds. The second-order valence-electron chi connectivity index (χ2n) is 8.06. The number of likely N-dealkylation sites (N-methyl/N-ethyl adjacent to an activating group) is 1. The highest BCUT2D eigenvalue weighted by Gasteiger charge is 2.23. The molecule has 1 heterocycles. The summed E-state index contributed by atoms with van der Waals surface area (Å²) in [6.45, 7) is 7.63. The van der Waals surface area contributed by atoms with Crippen LogP contribution in [0, 0.1) is 0 Å². The van der Waals surface area contributed by atoms with Crippen LogP contribution < -0.4 is 9.80 Å². The van der Waals surface area contributed by atoms with Crippen molar-refractivity contribution in [2.45, 2.75) is 40.0 Å². The lowest BCUT2D eigenvalue weighted by Crippen LogP contribution is -2.51. The molecule has 0 saturated carbocycles. The molecular formula is C24H40F3N5O. The summed E-state index contributed by atoms with van der Waals surface area (Å²) in [4.78, 5) is 19.2. The van der Waals surface area contributed by atoms with Crippen LogP contribution in [-0.2, 0) is 11.2 Å². The maximum absolute atomic E-state index is 13.1. The molecular weight excluding hydrogens is 431 g/mol. The number of aryl methyl sites for hydroxylation is 1. The summed E-state index contributed by atoms with van der Waals surface area (Å²) in [6.07, 6.45) is 2.49. The number of halogens is 3. The molecule has 0 bridgehead atoms. The van der Waals surface area contributed by atoms with Gasteiger partial charge in [0.1, 0.15) is 13.2 Å². The zero-order chi connectivity index (χ0) is 24.8. The summed E-state index contributed by atoms with van der Waals surface area (Å²) < 4.78 is 32.4. The Balaban J connectivity index is 0.00000172. The Labute approximate surface area is 197 Å². The minimum Gasteiger partial charge on any atom is -0.377 e. The van der Waals surface area contributed by atoms with Gasteiger partial charge in [0, 0.05) is 58.2 Å². The number of benzene rings is 1. The molecule has 1 aromatic rings. The smallest absolute Gasteiger partial charge is 0.243 e. The Morgan fingerprint density at radius 3 is 2.18 bits per heavy atom. The van der Waals surface area contributed by atoms with Crippen molar-refractivity contribution >= 4 is 23.0 Å². The molecule has 0 atom stereocenters. The first-order valence-corrected chi connectivity index (χ1v) is 11.7. The van der Waals surface area contributed by atoms with Crippen molar-refractivity contribution in [2.24, 2.45) is 5.10 Å². The van der Waals surface area contributed by atoms with Crippen molar-refractivity contribution in [1.29, 1.82) is 0 Å². The Hall–Kier alpha value is -2.45. The van der Waals surface area contributed by atoms with Gasteiger partial charge < -0.3 is 14.7 Å². The summed E-state index contributed by atoms with van der Waals surface area (Å²) in [7, 11) is 4.15. The molecule has 6 nitrogen and oxygen atoms in total. The molecule has 0 aliphatic carbocycles. The lowest BCUT2D eigenvalue weighted by Gasteiger charge is -2.37. The summed E-state index contributed by atoms with van der Waals surface area (Å²) in [6, 6.07) is 6.64. The van der Waals surface area contributed by atoms with Crippen molar-refractivity contribution in [3.63, 3.8) is 0 Å². The van der Waals surface area contributed by atoms with E-state index in [0.29, 0.717) is 31.8 Å². The van der Waals surface area contributed by atoms with Gasteiger partial charge in [-0.1, -0.05) is 26.3 Å². The number of anilines is 2. The van der Waals surface area contributed by atoms with Gasteiger partial charge in [0.15, 0.2) is 0 Å². The standard InChI is InChI=1S/C23H38FN5O.CH2F2/c1-6-9-20(17-24)25-29(8-3)18-23(30)28-14-12-27(13-15-28)21-11-10-19(7-2)22(16-21)26(4)5;2-1-3/h10-11,16H,6-9,12-15,17-18H2,1-5H3;1H2/b25-20+;. The highest BCUT2D eigenvalue weighted by atomic mass is 19.3. The molecule has 0 unspecified atom stereocenters. The first-order chi connectivity index (χ1) is 15.8. The molecule has 1 aliphatic rings. The molecule has 1 saturated heterocycles. The zero-order valence-electron chi connectivity index (χ0n) is 20.8. The number of hydrazone groups is 1. The fourth-order valence-corrected chi connectivity index (χ4v) is 3.78. The number of hydrogen-bond acceptors (Lipinski definition) is 5. The molecule has 188 valence electrons. The fourth-order valence-electron chi connectivity index (χ4n) is 3.78. The van der Waals surface area contributed by atoms with Gasteiger partial charge in [-0.3, -0.25) is 9.80 Å². The third-order valence-electron chi connectivity index (χ3n) is 5.59. The van der Waals surface area contributed by atoms with E-state index in [1.807, 2.05) is 18.7 Å². The van der Waals surface area contributed by atoms with Crippen LogP contribution in [0.1, 0.15) is 39.2 Å². The second-order valence-corrected chi connectivity index (χ2v) is 8.06. The molecule has 9 heteroatoms. The van der Waals surface area contributed by atoms with Gasteiger partial charge >= 0.3 is 0 Å². The highest BCUT2D eigenvalue weighted by molar-refractivity contribution is 5.85. The highest BCUT2D eigenvalue weighted by Crippen LogP contribution is 2.27. The minimum atomic E-state index is -1.75. The third-order valence-corrected chi connectivity index (χ3v) is 5.59. The molecule has 0 spiro atoms. The van der Waals surface area contributed by atoms with Gasteiger partial charge in [-0.25, -0.2) is 13.2 Å².